The fourth-order valence-electron chi connectivity index (χ4n) is 4.90. The number of para-hydroxylation sites is 1. The molecule has 0 spiro atoms. The molecule has 4 aromatic rings. The van der Waals surface area contributed by atoms with Crippen LogP contribution in [-0.2, 0) is 9.59 Å². The van der Waals surface area contributed by atoms with Gasteiger partial charge in [-0.3, -0.25) is 9.59 Å². The van der Waals surface area contributed by atoms with E-state index in [0.29, 0.717) is 23.7 Å². The molecule has 5 rings (SSSR count). The van der Waals surface area contributed by atoms with Crippen LogP contribution < -0.4 is 14.8 Å². The van der Waals surface area contributed by atoms with Gasteiger partial charge in [-0.2, -0.15) is 0 Å². The minimum atomic E-state index is -0.352. The number of amides is 2. The van der Waals surface area contributed by atoms with Crippen molar-refractivity contribution in [2.45, 2.75) is 25.3 Å². The third-order valence-electron chi connectivity index (χ3n) is 6.89. The van der Waals surface area contributed by atoms with Crippen molar-refractivity contribution in [1.82, 2.24) is 14.7 Å². The number of hydrogen-bond donors (Lipinski definition) is 1. The summed E-state index contributed by atoms with van der Waals surface area (Å²) in [7, 11) is 3.15. The number of benzene rings is 3. The van der Waals surface area contributed by atoms with Gasteiger partial charge < -0.3 is 19.7 Å². The number of nitrogens with zero attached hydrogens (tertiary/aromatic N) is 3. The molecular formula is C30H30N4O4. The van der Waals surface area contributed by atoms with Crippen LogP contribution in [0.4, 0.5) is 5.82 Å². The van der Waals surface area contributed by atoms with E-state index in [1.165, 1.54) is 0 Å². The van der Waals surface area contributed by atoms with Crippen LogP contribution in [0.5, 0.6) is 11.5 Å². The monoisotopic (exact) mass is 510 g/mol. The summed E-state index contributed by atoms with van der Waals surface area (Å²) in [5.74, 6) is 0.890. The van der Waals surface area contributed by atoms with Gasteiger partial charge in [-0.05, 0) is 48.7 Å². The van der Waals surface area contributed by atoms with Crippen LogP contribution in [0.25, 0.3) is 16.8 Å². The highest BCUT2D eigenvalue weighted by Gasteiger charge is 2.39. The molecule has 2 unspecified atom stereocenters. The molecule has 3 aromatic carbocycles. The summed E-state index contributed by atoms with van der Waals surface area (Å²) in [6.45, 7) is 1.90. The Morgan fingerprint density at radius 1 is 0.974 bits per heavy atom. The van der Waals surface area contributed by atoms with Gasteiger partial charge in [0.1, 0.15) is 6.54 Å². The maximum Gasteiger partial charge on any atom is 0.245 e. The van der Waals surface area contributed by atoms with Gasteiger partial charge in [-0.25, -0.2) is 4.68 Å². The van der Waals surface area contributed by atoms with E-state index in [1.54, 1.807) is 29.9 Å². The first kappa shape index (κ1) is 25.1. The van der Waals surface area contributed by atoms with Crippen molar-refractivity contribution >= 4 is 17.6 Å². The van der Waals surface area contributed by atoms with Gasteiger partial charge in [-0.15, -0.1) is 5.10 Å². The highest BCUT2D eigenvalue weighted by Crippen LogP contribution is 2.37. The van der Waals surface area contributed by atoms with Gasteiger partial charge in [0.2, 0.25) is 11.8 Å². The summed E-state index contributed by atoms with van der Waals surface area (Å²) in [5.41, 5.74) is 3.46. The van der Waals surface area contributed by atoms with Crippen LogP contribution in [-0.4, -0.2) is 53.3 Å². The summed E-state index contributed by atoms with van der Waals surface area (Å²) in [6.07, 6.45) is 2.51. The molecular weight excluding hydrogens is 480 g/mol. The second-order valence-electron chi connectivity index (χ2n) is 9.30. The van der Waals surface area contributed by atoms with Crippen LogP contribution in [0.3, 0.4) is 0 Å². The Morgan fingerprint density at radius 2 is 1.66 bits per heavy atom. The third kappa shape index (κ3) is 4.98. The summed E-state index contributed by atoms with van der Waals surface area (Å²) >= 11 is 0. The Bertz CT molecular complexity index is 1440. The second kappa shape index (κ2) is 10.8. The molecule has 8 nitrogen and oxygen atoms in total. The van der Waals surface area contributed by atoms with Crippen LogP contribution in [0, 0.1) is 0 Å². The van der Waals surface area contributed by atoms with Gasteiger partial charge in [0.25, 0.3) is 0 Å². The largest absolute Gasteiger partial charge is 0.493 e. The highest BCUT2D eigenvalue weighted by atomic mass is 16.5. The molecule has 2 atom stereocenters. The number of carbonyl (C=O) groups excluding carboxylic acids is 2. The van der Waals surface area contributed by atoms with Gasteiger partial charge >= 0.3 is 0 Å². The molecule has 0 saturated carbocycles. The number of hydrogen-bond acceptors (Lipinski definition) is 5. The molecule has 1 aliphatic heterocycles. The third-order valence-corrected chi connectivity index (χ3v) is 6.89. The average Bonchev–Trinajstić information content (AvgIpc) is 3.50. The second-order valence-corrected chi connectivity index (χ2v) is 9.30. The number of likely N-dealkylation sites (tertiary alicyclic amines) is 1. The van der Waals surface area contributed by atoms with E-state index in [0.717, 1.165) is 22.4 Å². The van der Waals surface area contributed by atoms with Crippen LogP contribution >= 0.6 is 0 Å². The topological polar surface area (TPSA) is 85.7 Å². The van der Waals surface area contributed by atoms with Crippen molar-refractivity contribution in [3.63, 3.8) is 0 Å². The number of nitrogens with one attached hydrogen (secondary N) is 1. The first-order valence-corrected chi connectivity index (χ1v) is 12.5. The fraction of sp³-hybridized carbons (Fsp3) is 0.233. The maximum absolute atomic E-state index is 13.4. The molecule has 1 N–H and O–H groups in total. The molecule has 0 radical (unpaired) electrons. The Balaban J connectivity index is 1.35. The number of anilines is 1. The molecule has 0 bridgehead atoms. The van der Waals surface area contributed by atoms with E-state index < -0.39 is 0 Å². The Labute approximate surface area is 221 Å². The number of aromatic nitrogens is 2. The first-order valence-electron chi connectivity index (χ1n) is 12.5. The zero-order chi connectivity index (χ0) is 26.6. The quantitative estimate of drug-likeness (QED) is 0.365. The lowest BCUT2D eigenvalue weighted by atomic mass is 9.95. The SMILES string of the molecule is COc1ccc(C2CC(C)N(CC(=O)Nc3nn(-c4ccccc4)cc3-c3ccccc3)C2=O)cc1OC. The summed E-state index contributed by atoms with van der Waals surface area (Å²) in [6, 6.07) is 24.9. The molecule has 1 aromatic heterocycles. The Hall–Kier alpha value is -4.59. The average molecular weight is 511 g/mol. The Morgan fingerprint density at radius 3 is 2.34 bits per heavy atom. The van der Waals surface area contributed by atoms with Crippen molar-refractivity contribution in [2.75, 3.05) is 26.1 Å². The molecule has 38 heavy (non-hydrogen) atoms. The van der Waals surface area contributed by atoms with Crippen molar-refractivity contribution in [1.29, 1.82) is 0 Å². The van der Waals surface area contributed by atoms with Crippen molar-refractivity contribution in [3.05, 3.63) is 90.6 Å². The lowest BCUT2D eigenvalue weighted by Gasteiger charge is -2.21. The smallest absolute Gasteiger partial charge is 0.245 e. The van der Waals surface area contributed by atoms with Crippen molar-refractivity contribution in [2.24, 2.45) is 0 Å². The Kier molecular flexibility index (Phi) is 7.13. The molecule has 2 heterocycles. The lowest BCUT2D eigenvalue weighted by Crippen LogP contribution is -2.39. The minimum Gasteiger partial charge on any atom is -0.493 e. The predicted molar refractivity (Wildman–Crippen MR) is 146 cm³/mol. The van der Waals surface area contributed by atoms with Gasteiger partial charge in [0, 0.05) is 17.8 Å². The molecule has 8 heteroatoms. The van der Waals surface area contributed by atoms with Crippen molar-refractivity contribution in [3.8, 4) is 28.3 Å². The molecule has 1 fully saturated rings. The first-order chi connectivity index (χ1) is 18.5. The van der Waals surface area contributed by atoms with Gasteiger partial charge in [-0.1, -0.05) is 54.6 Å². The zero-order valence-corrected chi connectivity index (χ0v) is 21.6. The van der Waals surface area contributed by atoms with Crippen molar-refractivity contribution < 1.29 is 19.1 Å². The molecule has 1 aliphatic rings. The van der Waals surface area contributed by atoms with Crippen LogP contribution in [0.15, 0.2) is 85.1 Å². The summed E-state index contributed by atoms with van der Waals surface area (Å²) < 4.78 is 12.5. The molecule has 1 saturated heterocycles. The van der Waals surface area contributed by atoms with E-state index >= 15 is 0 Å². The number of methoxy groups -OCH3 is 2. The van der Waals surface area contributed by atoms with E-state index in [2.05, 4.69) is 10.4 Å². The summed E-state index contributed by atoms with van der Waals surface area (Å²) in [5, 5.41) is 7.62. The predicted octanol–water partition coefficient (Wildman–Crippen LogP) is 4.90. The standard InChI is InChI=1S/C30H30N4O4/c1-20-16-24(22-14-15-26(37-2)27(17-22)38-3)30(36)33(20)19-28(35)31-29-25(21-10-6-4-7-11-21)18-34(32-29)23-12-8-5-9-13-23/h4-15,17-18,20,24H,16,19H2,1-3H3,(H,31,32,35). The van der Waals surface area contributed by atoms with Gasteiger partial charge in [0.15, 0.2) is 17.3 Å². The highest BCUT2D eigenvalue weighted by molar-refractivity contribution is 5.98. The van der Waals surface area contributed by atoms with E-state index in [-0.39, 0.29) is 30.3 Å². The van der Waals surface area contributed by atoms with E-state index in [1.807, 2.05) is 85.9 Å². The fourth-order valence-corrected chi connectivity index (χ4v) is 4.90. The molecule has 2 amide bonds. The van der Waals surface area contributed by atoms with Crippen LogP contribution in [0.2, 0.25) is 0 Å². The number of carbonyl (C=O) groups is 2. The lowest BCUT2D eigenvalue weighted by molar-refractivity contribution is -0.133. The van der Waals surface area contributed by atoms with E-state index in [9.17, 15) is 9.59 Å². The zero-order valence-electron chi connectivity index (χ0n) is 21.6. The number of ether oxygens (including phenoxy) is 2. The van der Waals surface area contributed by atoms with Crippen LogP contribution in [0.1, 0.15) is 24.8 Å². The summed E-state index contributed by atoms with van der Waals surface area (Å²) in [4.78, 5) is 28.2. The molecule has 0 aliphatic carbocycles. The molecule has 194 valence electrons. The van der Waals surface area contributed by atoms with E-state index in [4.69, 9.17) is 9.47 Å². The normalized spacial score (nSPS) is 16.9. The number of rotatable bonds is 8. The van der Waals surface area contributed by atoms with Gasteiger partial charge in [0.05, 0.1) is 25.8 Å². The minimum absolute atomic E-state index is 0.0593. The maximum atomic E-state index is 13.4.